The van der Waals surface area contributed by atoms with Crippen LogP contribution in [-0.2, 0) is 4.79 Å². The van der Waals surface area contributed by atoms with Crippen molar-refractivity contribution in [1.82, 2.24) is 10.4 Å². The number of amides is 2. The third-order valence-electron chi connectivity index (χ3n) is 4.38. The highest BCUT2D eigenvalue weighted by Crippen LogP contribution is 2.44. The van der Waals surface area contributed by atoms with Crippen LogP contribution in [0.25, 0.3) is 0 Å². The van der Waals surface area contributed by atoms with E-state index >= 15 is 0 Å². The van der Waals surface area contributed by atoms with Crippen molar-refractivity contribution in [3.8, 4) is 0 Å². The largest absolute Gasteiger partial charge is 0.269 e. The lowest BCUT2D eigenvalue weighted by Crippen LogP contribution is -2.54. The first-order chi connectivity index (χ1) is 10.0. The molecule has 4 nitrogen and oxygen atoms in total. The Labute approximate surface area is 128 Å². The molecule has 1 heterocycles. The zero-order valence-electron chi connectivity index (χ0n) is 11.7. The number of rotatable bonds is 2. The molecule has 1 N–H and O–H groups in total. The third kappa shape index (κ3) is 2.44. The minimum absolute atomic E-state index is 0.167. The Bertz CT molecular complexity index is 603. The van der Waals surface area contributed by atoms with Gasteiger partial charge in [0, 0.05) is 22.6 Å². The van der Waals surface area contributed by atoms with E-state index in [0.717, 1.165) is 25.7 Å². The molecule has 1 spiro atoms. The average Bonchev–Trinajstić information content (AvgIpc) is 3.01. The van der Waals surface area contributed by atoms with Gasteiger partial charge < -0.3 is 0 Å². The Balaban J connectivity index is 1.82. The van der Waals surface area contributed by atoms with Gasteiger partial charge in [0.25, 0.3) is 11.8 Å². The maximum atomic E-state index is 12.3. The monoisotopic (exact) mass is 304 g/mol. The van der Waals surface area contributed by atoms with Crippen LogP contribution in [0.4, 0.5) is 0 Å². The molecule has 110 valence electrons. The van der Waals surface area contributed by atoms with Crippen molar-refractivity contribution in [2.75, 3.05) is 0 Å². The van der Waals surface area contributed by atoms with Gasteiger partial charge in [0.1, 0.15) is 0 Å². The number of carbonyl (C=O) groups is 2. The van der Waals surface area contributed by atoms with Gasteiger partial charge in [0.05, 0.1) is 5.54 Å². The van der Waals surface area contributed by atoms with Gasteiger partial charge in [0.2, 0.25) is 0 Å². The number of benzene rings is 1. The first-order valence-corrected chi connectivity index (χ1v) is 7.49. The smallest absolute Gasteiger partial charge is 0.268 e. The van der Waals surface area contributed by atoms with Crippen LogP contribution in [0.5, 0.6) is 0 Å². The number of nitrogens with one attached hydrogen (secondary N) is 1. The Morgan fingerprint density at radius 2 is 1.86 bits per heavy atom. The number of hydrogen-bond donors (Lipinski definition) is 1. The standard InChI is InChI=1S/C16H17ClN2O2/c1-11-10-16(8-2-3-9-16)19(15(11)21)18-14(20)12-4-6-13(17)7-5-12/h4-7H,1-3,8-10H2,(H,18,20). The lowest BCUT2D eigenvalue weighted by molar-refractivity contribution is -0.131. The van der Waals surface area contributed by atoms with Gasteiger partial charge in [-0.1, -0.05) is 31.0 Å². The summed E-state index contributed by atoms with van der Waals surface area (Å²) < 4.78 is 0. The number of hydrogen-bond acceptors (Lipinski definition) is 2. The van der Waals surface area contributed by atoms with Crippen LogP contribution in [0.15, 0.2) is 36.4 Å². The van der Waals surface area contributed by atoms with Crippen LogP contribution in [0, 0.1) is 0 Å². The molecule has 1 saturated heterocycles. The zero-order chi connectivity index (χ0) is 15.0. The maximum Gasteiger partial charge on any atom is 0.269 e. The molecule has 1 aliphatic carbocycles. The zero-order valence-corrected chi connectivity index (χ0v) is 12.4. The highest BCUT2D eigenvalue weighted by Gasteiger charge is 2.49. The molecular formula is C16H17ClN2O2. The summed E-state index contributed by atoms with van der Waals surface area (Å²) in [5.74, 6) is -0.458. The number of nitrogens with zero attached hydrogens (tertiary/aromatic N) is 1. The lowest BCUT2D eigenvalue weighted by atomic mass is 9.94. The SMILES string of the molecule is C=C1CC2(CCCC2)N(NC(=O)c2ccc(Cl)cc2)C1=O. The number of halogens is 1. The fraction of sp³-hybridized carbons (Fsp3) is 0.375. The van der Waals surface area contributed by atoms with E-state index in [4.69, 9.17) is 11.6 Å². The first-order valence-electron chi connectivity index (χ1n) is 7.11. The fourth-order valence-corrected chi connectivity index (χ4v) is 3.42. The van der Waals surface area contributed by atoms with Crippen LogP contribution in [0.2, 0.25) is 5.02 Å². The summed E-state index contributed by atoms with van der Waals surface area (Å²) in [6, 6.07) is 6.61. The summed E-state index contributed by atoms with van der Waals surface area (Å²) in [7, 11) is 0. The van der Waals surface area contributed by atoms with Gasteiger partial charge >= 0.3 is 0 Å². The van der Waals surface area contributed by atoms with Crippen molar-refractivity contribution >= 4 is 23.4 Å². The van der Waals surface area contributed by atoms with Gasteiger partial charge in [-0.15, -0.1) is 0 Å². The topological polar surface area (TPSA) is 49.4 Å². The fourth-order valence-electron chi connectivity index (χ4n) is 3.30. The van der Waals surface area contributed by atoms with E-state index in [2.05, 4.69) is 12.0 Å². The van der Waals surface area contributed by atoms with Gasteiger partial charge in [-0.2, -0.15) is 0 Å². The van der Waals surface area contributed by atoms with Crippen molar-refractivity contribution in [3.63, 3.8) is 0 Å². The molecule has 2 aliphatic rings. The predicted molar refractivity (Wildman–Crippen MR) is 80.7 cm³/mol. The predicted octanol–water partition coefficient (Wildman–Crippen LogP) is 3.09. The van der Waals surface area contributed by atoms with Gasteiger partial charge in [-0.25, -0.2) is 5.01 Å². The molecule has 2 fully saturated rings. The summed E-state index contributed by atoms with van der Waals surface area (Å²) in [4.78, 5) is 24.6. The summed E-state index contributed by atoms with van der Waals surface area (Å²) >= 11 is 5.82. The highest BCUT2D eigenvalue weighted by atomic mass is 35.5. The Morgan fingerprint density at radius 3 is 2.48 bits per heavy atom. The van der Waals surface area contributed by atoms with Crippen LogP contribution >= 0.6 is 11.6 Å². The molecule has 0 aromatic heterocycles. The molecule has 0 bridgehead atoms. The summed E-state index contributed by atoms with van der Waals surface area (Å²) in [5.41, 5.74) is 3.56. The van der Waals surface area contributed by atoms with E-state index in [1.165, 1.54) is 5.01 Å². The molecule has 0 radical (unpaired) electrons. The first kappa shape index (κ1) is 14.1. The molecule has 2 amide bonds. The summed E-state index contributed by atoms with van der Waals surface area (Å²) in [6.45, 7) is 3.84. The molecule has 1 saturated carbocycles. The van der Waals surface area contributed by atoms with Crippen molar-refractivity contribution in [2.45, 2.75) is 37.6 Å². The molecule has 3 rings (SSSR count). The quantitative estimate of drug-likeness (QED) is 0.854. The third-order valence-corrected chi connectivity index (χ3v) is 4.63. The molecule has 5 heteroatoms. The van der Waals surface area contributed by atoms with E-state index in [0.29, 0.717) is 22.6 Å². The summed E-state index contributed by atoms with van der Waals surface area (Å²) in [6.07, 6.45) is 4.63. The minimum atomic E-state index is -0.291. The van der Waals surface area contributed by atoms with Crippen LogP contribution in [0.3, 0.4) is 0 Å². The molecular weight excluding hydrogens is 288 g/mol. The Hall–Kier alpha value is -1.81. The van der Waals surface area contributed by atoms with Gasteiger partial charge in [-0.3, -0.25) is 15.0 Å². The number of hydrazine groups is 1. The molecule has 1 aromatic carbocycles. The van der Waals surface area contributed by atoms with E-state index in [-0.39, 0.29) is 17.4 Å². The van der Waals surface area contributed by atoms with Crippen molar-refractivity contribution in [3.05, 3.63) is 47.0 Å². The molecule has 0 atom stereocenters. The lowest BCUT2D eigenvalue weighted by Gasteiger charge is -2.34. The van der Waals surface area contributed by atoms with Gasteiger partial charge in [-0.05, 0) is 37.1 Å². The normalized spacial score (nSPS) is 20.3. The van der Waals surface area contributed by atoms with Crippen molar-refractivity contribution in [1.29, 1.82) is 0 Å². The van der Waals surface area contributed by atoms with Gasteiger partial charge in [0.15, 0.2) is 0 Å². The highest BCUT2D eigenvalue weighted by molar-refractivity contribution is 6.30. The Kier molecular flexibility index (Phi) is 3.49. The molecule has 1 aromatic rings. The second-order valence-electron chi connectivity index (χ2n) is 5.80. The van der Waals surface area contributed by atoms with Crippen molar-refractivity contribution in [2.24, 2.45) is 0 Å². The van der Waals surface area contributed by atoms with Crippen LogP contribution in [0.1, 0.15) is 42.5 Å². The van der Waals surface area contributed by atoms with Crippen LogP contribution < -0.4 is 5.43 Å². The molecule has 0 unspecified atom stereocenters. The van der Waals surface area contributed by atoms with E-state index in [9.17, 15) is 9.59 Å². The Morgan fingerprint density at radius 1 is 1.24 bits per heavy atom. The second-order valence-corrected chi connectivity index (χ2v) is 6.24. The van der Waals surface area contributed by atoms with Crippen molar-refractivity contribution < 1.29 is 9.59 Å². The number of carbonyl (C=O) groups excluding carboxylic acids is 2. The average molecular weight is 305 g/mol. The maximum absolute atomic E-state index is 12.3. The summed E-state index contributed by atoms with van der Waals surface area (Å²) in [5, 5.41) is 2.09. The van der Waals surface area contributed by atoms with E-state index in [1.54, 1.807) is 24.3 Å². The molecule has 1 aliphatic heterocycles. The van der Waals surface area contributed by atoms with E-state index in [1.807, 2.05) is 0 Å². The second kappa shape index (κ2) is 5.19. The molecule has 21 heavy (non-hydrogen) atoms. The minimum Gasteiger partial charge on any atom is -0.268 e. The van der Waals surface area contributed by atoms with Crippen LogP contribution in [-0.4, -0.2) is 22.4 Å². The van der Waals surface area contributed by atoms with E-state index < -0.39 is 0 Å².